The number of nitrogens with one attached hydrogen (secondary N) is 1. The van der Waals surface area contributed by atoms with Gasteiger partial charge in [0.2, 0.25) is 5.95 Å². The minimum absolute atomic E-state index is 0.0456. The van der Waals surface area contributed by atoms with Crippen molar-refractivity contribution in [2.75, 3.05) is 18.9 Å². The van der Waals surface area contributed by atoms with Gasteiger partial charge in [0.25, 0.3) is 5.91 Å². The van der Waals surface area contributed by atoms with Crippen LogP contribution < -0.4 is 5.32 Å². The average Bonchev–Trinajstić information content (AvgIpc) is 3.27. The number of likely N-dealkylation sites (N-methyl/N-ethyl adjacent to an activating group) is 1. The highest BCUT2D eigenvalue weighted by Crippen LogP contribution is 2.28. The predicted molar refractivity (Wildman–Crippen MR) is 106 cm³/mol. The molecule has 0 fully saturated rings. The van der Waals surface area contributed by atoms with Gasteiger partial charge in [-0.15, -0.1) is 0 Å². The maximum atomic E-state index is 13.2. The molecule has 164 valence electrons. The lowest BCUT2D eigenvalue weighted by atomic mass is 10.1. The molecule has 0 radical (unpaired) electrons. The summed E-state index contributed by atoms with van der Waals surface area (Å²) >= 11 is 0. The van der Waals surface area contributed by atoms with Crippen LogP contribution in [0.3, 0.4) is 0 Å². The highest BCUT2D eigenvalue weighted by atomic mass is 19.4. The van der Waals surface area contributed by atoms with Crippen molar-refractivity contribution in [3.05, 3.63) is 54.1 Å². The van der Waals surface area contributed by atoms with Crippen molar-refractivity contribution in [1.29, 1.82) is 0 Å². The lowest BCUT2D eigenvalue weighted by molar-refractivity contribution is -0.138. The van der Waals surface area contributed by atoms with E-state index in [2.05, 4.69) is 30.4 Å². The molecule has 1 atom stereocenters. The Morgan fingerprint density at radius 3 is 2.55 bits per heavy atom. The Kier molecular flexibility index (Phi) is 6.47. The van der Waals surface area contributed by atoms with Crippen molar-refractivity contribution >= 4 is 11.9 Å². The lowest BCUT2D eigenvalue weighted by Crippen LogP contribution is -2.42. The van der Waals surface area contributed by atoms with Gasteiger partial charge in [-0.1, -0.05) is 6.92 Å². The molecular formula is C19H21F3N8O. The predicted octanol–water partition coefficient (Wildman–Crippen LogP) is 2.74. The maximum absolute atomic E-state index is 13.2. The number of nitrogens with zero attached hydrogens (tertiary/aromatic N) is 7. The summed E-state index contributed by atoms with van der Waals surface area (Å²) in [5.41, 5.74) is 0.458. The second-order valence-electron chi connectivity index (χ2n) is 6.81. The van der Waals surface area contributed by atoms with Gasteiger partial charge in [0, 0.05) is 37.7 Å². The fraction of sp³-hybridized carbons (Fsp3) is 0.368. The van der Waals surface area contributed by atoms with Crippen LogP contribution >= 0.6 is 0 Å². The zero-order valence-electron chi connectivity index (χ0n) is 17.1. The summed E-state index contributed by atoms with van der Waals surface area (Å²) in [4.78, 5) is 30.4. The van der Waals surface area contributed by atoms with Gasteiger partial charge in [0.15, 0.2) is 5.69 Å². The van der Waals surface area contributed by atoms with Crippen LogP contribution in [0.4, 0.5) is 19.1 Å². The zero-order valence-corrected chi connectivity index (χ0v) is 17.1. The summed E-state index contributed by atoms with van der Waals surface area (Å²) in [6, 6.07) is 3.23. The Morgan fingerprint density at radius 2 is 1.97 bits per heavy atom. The number of rotatable bonds is 7. The van der Waals surface area contributed by atoms with Gasteiger partial charge in [0.05, 0.1) is 11.3 Å². The van der Waals surface area contributed by atoms with Gasteiger partial charge in [-0.3, -0.25) is 4.79 Å². The molecule has 3 aromatic rings. The molecule has 9 nitrogen and oxygen atoms in total. The van der Waals surface area contributed by atoms with Crippen molar-refractivity contribution in [3.8, 4) is 5.69 Å². The molecule has 0 aromatic carbocycles. The summed E-state index contributed by atoms with van der Waals surface area (Å²) in [5, 5.41) is 6.95. The first kappa shape index (κ1) is 22.1. The number of aromatic nitrogens is 6. The van der Waals surface area contributed by atoms with Crippen LogP contribution in [-0.2, 0) is 6.18 Å². The maximum Gasteiger partial charge on any atom is 0.419 e. The summed E-state index contributed by atoms with van der Waals surface area (Å²) < 4.78 is 39.4. The number of carbonyl (C=O) groups is 1. The van der Waals surface area contributed by atoms with Gasteiger partial charge in [-0.05, 0) is 25.5 Å². The number of halogens is 3. The Labute approximate surface area is 176 Å². The number of pyridine rings is 1. The summed E-state index contributed by atoms with van der Waals surface area (Å²) in [7, 11) is 1.64. The number of alkyl halides is 3. The third-order valence-corrected chi connectivity index (χ3v) is 4.70. The molecule has 3 heterocycles. The SMILES string of the molecule is CCC(CNc1ncc(C(F)(F)F)cn1)N(C)C(=O)c1nc(C)ccc1-n1cncn1. The van der Waals surface area contributed by atoms with Crippen molar-refractivity contribution in [3.63, 3.8) is 0 Å². The van der Waals surface area contributed by atoms with Gasteiger partial charge >= 0.3 is 6.18 Å². The van der Waals surface area contributed by atoms with Crippen molar-refractivity contribution in [2.45, 2.75) is 32.5 Å². The van der Waals surface area contributed by atoms with E-state index in [0.29, 0.717) is 30.2 Å². The van der Waals surface area contributed by atoms with Crippen LogP contribution in [0, 0.1) is 6.92 Å². The number of aryl methyl sites for hydroxylation is 1. The first-order valence-corrected chi connectivity index (χ1v) is 9.43. The molecule has 1 unspecified atom stereocenters. The largest absolute Gasteiger partial charge is 0.419 e. The van der Waals surface area contributed by atoms with E-state index < -0.39 is 11.7 Å². The molecule has 0 saturated carbocycles. The molecule has 1 amide bonds. The fourth-order valence-electron chi connectivity index (χ4n) is 2.89. The molecule has 0 bridgehead atoms. The normalized spacial score (nSPS) is 12.5. The zero-order chi connectivity index (χ0) is 22.6. The van der Waals surface area contributed by atoms with Crippen LogP contribution in [0.5, 0.6) is 0 Å². The summed E-state index contributed by atoms with van der Waals surface area (Å²) in [6.45, 7) is 3.92. The molecule has 0 aliphatic rings. The van der Waals surface area contributed by atoms with Crippen LogP contribution in [0.25, 0.3) is 5.69 Å². The van der Waals surface area contributed by atoms with E-state index in [1.165, 1.54) is 22.2 Å². The number of hydrogen-bond donors (Lipinski definition) is 1. The third-order valence-electron chi connectivity index (χ3n) is 4.70. The van der Waals surface area contributed by atoms with E-state index in [1.807, 2.05) is 6.92 Å². The third kappa shape index (κ3) is 5.13. The Hall–Kier alpha value is -3.57. The highest BCUT2D eigenvalue weighted by molar-refractivity contribution is 5.95. The second kappa shape index (κ2) is 9.06. The van der Waals surface area contributed by atoms with E-state index in [4.69, 9.17) is 0 Å². The minimum Gasteiger partial charge on any atom is -0.352 e. The van der Waals surface area contributed by atoms with Crippen LogP contribution in [0.1, 0.15) is 35.1 Å². The summed E-state index contributed by atoms with van der Waals surface area (Å²) in [6.07, 6.45) is 0.350. The van der Waals surface area contributed by atoms with E-state index >= 15 is 0 Å². The molecule has 0 aliphatic carbocycles. The highest BCUT2D eigenvalue weighted by Gasteiger charge is 2.31. The smallest absolute Gasteiger partial charge is 0.352 e. The molecule has 1 N–H and O–H groups in total. The molecular weight excluding hydrogens is 413 g/mol. The van der Waals surface area contributed by atoms with Crippen LogP contribution in [0.15, 0.2) is 37.2 Å². The van der Waals surface area contributed by atoms with Gasteiger partial charge in [-0.25, -0.2) is 24.6 Å². The topological polar surface area (TPSA) is 102 Å². The Balaban J connectivity index is 1.74. The van der Waals surface area contributed by atoms with Crippen molar-refractivity contribution in [2.24, 2.45) is 0 Å². The monoisotopic (exact) mass is 434 g/mol. The van der Waals surface area contributed by atoms with E-state index in [1.54, 1.807) is 26.1 Å². The van der Waals surface area contributed by atoms with E-state index in [9.17, 15) is 18.0 Å². The number of anilines is 1. The van der Waals surface area contributed by atoms with E-state index in [-0.39, 0.29) is 30.1 Å². The Morgan fingerprint density at radius 1 is 1.26 bits per heavy atom. The quantitative estimate of drug-likeness (QED) is 0.610. The van der Waals surface area contributed by atoms with Crippen molar-refractivity contribution in [1.82, 2.24) is 34.6 Å². The van der Waals surface area contributed by atoms with E-state index in [0.717, 1.165) is 0 Å². The second-order valence-corrected chi connectivity index (χ2v) is 6.81. The molecule has 0 spiro atoms. The fourth-order valence-corrected chi connectivity index (χ4v) is 2.89. The molecule has 0 aliphatic heterocycles. The van der Waals surface area contributed by atoms with Gasteiger partial charge < -0.3 is 10.2 Å². The van der Waals surface area contributed by atoms with Crippen LogP contribution in [-0.4, -0.2) is 60.2 Å². The molecule has 3 rings (SSSR count). The number of amides is 1. The first-order chi connectivity index (χ1) is 14.7. The summed E-state index contributed by atoms with van der Waals surface area (Å²) in [5.74, 6) is -0.277. The minimum atomic E-state index is -4.50. The number of hydrogen-bond acceptors (Lipinski definition) is 7. The molecule has 0 saturated heterocycles. The standard InChI is InChI=1S/C19H21F3N8O/c1-4-14(9-26-18-24-7-13(8-25-18)19(20,21)22)29(3)17(31)16-15(6-5-12(2)28-16)30-11-23-10-27-30/h5-8,10-11,14H,4,9H2,1-3H3,(H,24,25,26). The Bertz CT molecular complexity index is 1020. The van der Waals surface area contributed by atoms with Crippen molar-refractivity contribution < 1.29 is 18.0 Å². The molecule has 3 aromatic heterocycles. The average molecular weight is 434 g/mol. The van der Waals surface area contributed by atoms with Gasteiger partial charge in [0.1, 0.15) is 12.7 Å². The molecule has 12 heteroatoms. The first-order valence-electron chi connectivity index (χ1n) is 9.43. The number of carbonyl (C=O) groups excluding carboxylic acids is 1. The molecule has 31 heavy (non-hydrogen) atoms. The van der Waals surface area contributed by atoms with Crippen LogP contribution in [0.2, 0.25) is 0 Å². The van der Waals surface area contributed by atoms with Gasteiger partial charge in [-0.2, -0.15) is 18.3 Å². The lowest BCUT2D eigenvalue weighted by Gasteiger charge is -2.28.